The van der Waals surface area contributed by atoms with E-state index in [2.05, 4.69) is 13.8 Å². The van der Waals surface area contributed by atoms with Crippen LogP contribution in [0.2, 0.25) is 0 Å². The highest BCUT2D eigenvalue weighted by Crippen LogP contribution is 2.70. The molecule has 4 saturated heterocycles. The van der Waals surface area contributed by atoms with Crippen molar-refractivity contribution in [2.75, 3.05) is 13.2 Å². The van der Waals surface area contributed by atoms with Crippen LogP contribution in [0.5, 0.6) is 0 Å². The van der Waals surface area contributed by atoms with Crippen LogP contribution < -0.4 is 0 Å². The molecular weight excluding hydrogens is 909 g/mol. The molecule has 8 fully saturated rings. The fraction of sp³-hybridized carbons (Fsp3) is 0.918. The van der Waals surface area contributed by atoms with Crippen molar-refractivity contribution in [3.05, 3.63) is 11.6 Å². The van der Waals surface area contributed by atoms with Gasteiger partial charge in [-0.1, -0.05) is 13.8 Å². The lowest BCUT2D eigenvalue weighted by Gasteiger charge is -2.63. The summed E-state index contributed by atoms with van der Waals surface area (Å²) in [4.78, 5) is 24.2. The molecule has 69 heavy (non-hydrogen) atoms. The Labute approximate surface area is 402 Å². The molecule has 392 valence electrons. The fourth-order valence-electron chi connectivity index (χ4n) is 14.7. The number of esters is 2. The quantitative estimate of drug-likeness (QED) is 0.104. The van der Waals surface area contributed by atoms with Gasteiger partial charge in [0.1, 0.15) is 55.4 Å². The molecule has 0 amide bonds. The monoisotopic (exact) mass is 984 g/mol. The summed E-state index contributed by atoms with van der Waals surface area (Å²) < 4.78 is 60.1. The summed E-state index contributed by atoms with van der Waals surface area (Å²) in [5.41, 5.74) is -0.809. The van der Waals surface area contributed by atoms with Crippen molar-refractivity contribution in [3.63, 3.8) is 0 Å². The lowest BCUT2D eigenvalue weighted by molar-refractivity contribution is -0.355. The van der Waals surface area contributed by atoms with Gasteiger partial charge in [-0.15, -0.1) is 0 Å². The van der Waals surface area contributed by atoms with Gasteiger partial charge in [0.15, 0.2) is 25.2 Å². The summed E-state index contributed by atoms with van der Waals surface area (Å²) >= 11 is 0. The number of cyclic esters (lactones) is 1. The first-order chi connectivity index (χ1) is 32.6. The lowest BCUT2D eigenvalue weighted by atomic mass is 9.43. The molecule has 9 rings (SSSR count). The fourth-order valence-corrected chi connectivity index (χ4v) is 14.7. The smallest absolute Gasteiger partial charge is 0.331 e. The predicted octanol–water partition coefficient (Wildman–Crippen LogP) is 0.613. The van der Waals surface area contributed by atoms with Crippen LogP contribution in [0.4, 0.5) is 0 Å². The largest absolute Gasteiger partial charge is 0.459 e. The van der Waals surface area contributed by atoms with Crippen LogP contribution >= 0.6 is 0 Å². The van der Waals surface area contributed by atoms with Crippen molar-refractivity contribution in [2.24, 2.45) is 34.5 Å². The van der Waals surface area contributed by atoms with Gasteiger partial charge in [0, 0.05) is 50.0 Å². The molecule has 0 aromatic carbocycles. The molecule has 5 aliphatic heterocycles. The standard InChI is InChI=1S/C49H76O20/c1-21-43(67-37-16-31(53)44(22(2)62-37)68-38-17-33(64-24(4)51)45(23(3)63-38)69-46-42(58)41(57)40(56)34(19-50)66-46)30(52)15-36(61-21)65-27-9-11-47(5)26(14-27)7-8-29-28(47)10-12-48(6)39(25-13-35(55)60-20-25)32(54)18-49(29,48)59/h13,21-23,26-34,36-46,50,52-54,56-59H,7-12,14-20H2,1-6H3/t21-,22-,23-,26-,27+,28+,29-,30+,31+,32+,33+,34-,36+,37+,38+,39+,40-,41+,42-,43-,44-,45-,46+,47+,48-,49+/m0/s1. The zero-order valence-corrected chi connectivity index (χ0v) is 40.5. The molecule has 5 heterocycles. The molecule has 26 atom stereocenters. The van der Waals surface area contributed by atoms with E-state index in [1.807, 2.05) is 6.92 Å². The number of aliphatic hydroxyl groups excluding tert-OH is 7. The van der Waals surface area contributed by atoms with E-state index < -0.39 is 134 Å². The Balaban J connectivity index is 0.749. The number of ether oxygens (including phenoxy) is 10. The van der Waals surface area contributed by atoms with E-state index in [1.165, 1.54) is 13.0 Å². The average Bonchev–Trinajstić information content (AvgIpc) is 3.79. The second-order valence-electron chi connectivity index (χ2n) is 22.3. The molecule has 0 spiro atoms. The maximum absolute atomic E-state index is 12.6. The molecule has 20 nitrogen and oxygen atoms in total. The molecule has 0 aromatic rings. The first-order valence-electron chi connectivity index (χ1n) is 25.3. The highest BCUT2D eigenvalue weighted by molar-refractivity contribution is 5.85. The Morgan fingerprint density at radius 1 is 0.710 bits per heavy atom. The van der Waals surface area contributed by atoms with Gasteiger partial charge >= 0.3 is 11.9 Å². The second kappa shape index (κ2) is 20.0. The van der Waals surface area contributed by atoms with Crippen LogP contribution in [-0.2, 0) is 57.0 Å². The molecule has 9 aliphatic rings. The number of carbonyl (C=O) groups is 2. The summed E-state index contributed by atoms with van der Waals surface area (Å²) in [5.74, 6) is -0.609. The van der Waals surface area contributed by atoms with Crippen LogP contribution in [-0.4, -0.2) is 188 Å². The number of hydrogen-bond acceptors (Lipinski definition) is 20. The highest BCUT2D eigenvalue weighted by Gasteiger charge is 2.70. The minimum atomic E-state index is -1.68. The van der Waals surface area contributed by atoms with E-state index in [9.17, 15) is 50.4 Å². The molecule has 4 aliphatic carbocycles. The third-order valence-corrected chi connectivity index (χ3v) is 18.2. The minimum Gasteiger partial charge on any atom is -0.459 e. The Morgan fingerprint density at radius 3 is 1.93 bits per heavy atom. The topological polar surface area (TPSA) is 288 Å². The maximum atomic E-state index is 12.6. The van der Waals surface area contributed by atoms with Gasteiger partial charge in [0.25, 0.3) is 0 Å². The Kier molecular flexibility index (Phi) is 15.1. The molecule has 0 aromatic heterocycles. The van der Waals surface area contributed by atoms with E-state index in [-0.39, 0.29) is 55.2 Å². The Morgan fingerprint density at radius 2 is 1.33 bits per heavy atom. The number of carbonyl (C=O) groups excluding carboxylic acids is 2. The van der Waals surface area contributed by atoms with Crippen molar-refractivity contribution < 1.29 is 97.8 Å². The molecule has 4 saturated carbocycles. The number of fused-ring (bicyclic) bond motifs is 5. The summed E-state index contributed by atoms with van der Waals surface area (Å²) in [6.07, 6.45) is -10.8. The summed E-state index contributed by atoms with van der Waals surface area (Å²) in [6.45, 7) is 10.4. The average molecular weight is 985 g/mol. The zero-order valence-electron chi connectivity index (χ0n) is 40.5. The molecule has 0 radical (unpaired) electrons. The SMILES string of the molecule is CC(=O)O[C@@H]1C[C@@H](O[C@@H]2[C@H](O)C[C@@H](O[C@@H]3[C@H](O)C[C@@H](O[C@@H]4CC[C@]5(C)[C@@H](CC[C@H]6[C@H]5CC[C@@]5(C)[C@H](C7=CC(=O)OC7)[C@H](O)C[C@@]65O)C4)O[C@H]3C)O[C@H]2C)O[C@@H](C)[C@@H]1O[C@H]1O[C@@H](CO)[C@H](O)[C@@H](O)[C@@H]1O. The van der Waals surface area contributed by atoms with Crippen molar-refractivity contribution in [1.82, 2.24) is 0 Å². The maximum Gasteiger partial charge on any atom is 0.331 e. The molecule has 20 heteroatoms. The molecule has 0 unspecified atom stereocenters. The zero-order chi connectivity index (χ0) is 49.5. The third-order valence-electron chi connectivity index (χ3n) is 18.2. The number of aliphatic hydroxyl groups is 8. The highest BCUT2D eigenvalue weighted by atomic mass is 16.8. The van der Waals surface area contributed by atoms with Gasteiger partial charge in [-0.3, -0.25) is 4.79 Å². The van der Waals surface area contributed by atoms with Gasteiger partial charge in [-0.05, 0) is 94.5 Å². The van der Waals surface area contributed by atoms with Crippen molar-refractivity contribution in [3.8, 4) is 0 Å². The van der Waals surface area contributed by atoms with Crippen molar-refractivity contribution in [2.45, 2.75) is 234 Å². The number of hydrogen-bond donors (Lipinski definition) is 8. The molecule has 0 bridgehead atoms. The van der Waals surface area contributed by atoms with Gasteiger partial charge in [-0.25, -0.2) is 4.79 Å². The van der Waals surface area contributed by atoms with E-state index >= 15 is 0 Å². The van der Waals surface area contributed by atoms with E-state index in [0.29, 0.717) is 18.3 Å². The summed E-state index contributed by atoms with van der Waals surface area (Å²) in [7, 11) is 0. The van der Waals surface area contributed by atoms with Crippen LogP contribution in [0, 0.1) is 34.5 Å². The van der Waals surface area contributed by atoms with E-state index in [0.717, 1.165) is 50.5 Å². The van der Waals surface area contributed by atoms with Crippen LogP contribution in [0.15, 0.2) is 11.6 Å². The predicted molar refractivity (Wildman–Crippen MR) is 235 cm³/mol. The normalized spacial score (nSPS) is 53.3. The molecular formula is C49H76O20. The van der Waals surface area contributed by atoms with Gasteiger partial charge in [0.05, 0.1) is 54.9 Å². The van der Waals surface area contributed by atoms with Gasteiger partial charge < -0.3 is 88.2 Å². The third kappa shape index (κ3) is 9.59. The van der Waals surface area contributed by atoms with Crippen LogP contribution in [0.25, 0.3) is 0 Å². The van der Waals surface area contributed by atoms with Gasteiger partial charge in [0.2, 0.25) is 0 Å². The Bertz CT molecular complexity index is 1850. The Hall–Kier alpha value is -1.96. The summed E-state index contributed by atoms with van der Waals surface area (Å²) in [5, 5.41) is 87.5. The van der Waals surface area contributed by atoms with Crippen molar-refractivity contribution >= 4 is 11.9 Å². The number of rotatable bonds is 11. The van der Waals surface area contributed by atoms with Crippen LogP contribution in [0.1, 0.15) is 112 Å². The second-order valence-corrected chi connectivity index (χ2v) is 22.3. The molecule has 8 N–H and O–H groups in total. The van der Waals surface area contributed by atoms with Crippen molar-refractivity contribution in [1.29, 1.82) is 0 Å². The van der Waals surface area contributed by atoms with Crippen LogP contribution in [0.3, 0.4) is 0 Å². The van der Waals surface area contributed by atoms with E-state index in [4.69, 9.17) is 47.4 Å². The first kappa shape index (κ1) is 51.9. The lowest BCUT2D eigenvalue weighted by Crippen LogP contribution is -2.62. The van der Waals surface area contributed by atoms with Gasteiger partial charge in [-0.2, -0.15) is 0 Å². The first-order valence-corrected chi connectivity index (χ1v) is 25.3. The summed E-state index contributed by atoms with van der Waals surface area (Å²) in [6, 6.07) is 0. The van der Waals surface area contributed by atoms with E-state index in [1.54, 1.807) is 13.8 Å². The minimum absolute atomic E-state index is 0.000687.